The van der Waals surface area contributed by atoms with Crippen LogP contribution in [0.15, 0.2) is 0 Å². The van der Waals surface area contributed by atoms with Gasteiger partial charge in [-0.25, -0.2) is 13.2 Å². The molecular formula is C16H29N3O5S. The Balaban J connectivity index is 2.05. The van der Waals surface area contributed by atoms with E-state index in [4.69, 9.17) is 4.74 Å². The predicted molar refractivity (Wildman–Crippen MR) is 93.0 cm³/mol. The summed E-state index contributed by atoms with van der Waals surface area (Å²) in [5.74, 6) is -1.17. The van der Waals surface area contributed by atoms with Crippen LogP contribution in [0, 0.1) is 11.8 Å². The minimum absolute atomic E-state index is 0.0914. The predicted octanol–water partition coefficient (Wildman–Crippen LogP) is -0.0443. The van der Waals surface area contributed by atoms with Crippen LogP contribution >= 0.6 is 0 Å². The number of likely N-dealkylation sites (N-methyl/N-ethyl adjacent to an activating group) is 1. The Morgan fingerprint density at radius 2 is 1.84 bits per heavy atom. The number of likely N-dealkylation sites (tertiary alicyclic amines) is 1. The first kappa shape index (κ1) is 20.1. The number of hydrogen-bond acceptors (Lipinski definition) is 6. The summed E-state index contributed by atoms with van der Waals surface area (Å²) in [6.45, 7) is 5.01. The van der Waals surface area contributed by atoms with E-state index in [2.05, 4.69) is 0 Å². The van der Waals surface area contributed by atoms with Crippen molar-refractivity contribution in [3.8, 4) is 0 Å². The van der Waals surface area contributed by atoms with Gasteiger partial charge in [-0.2, -0.15) is 4.31 Å². The van der Waals surface area contributed by atoms with Gasteiger partial charge in [-0.15, -0.1) is 0 Å². The molecule has 0 radical (unpaired) electrons. The Morgan fingerprint density at radius 3 is 2.28 bits per heavy atom. The van der Waals surface area contributed by atoms with E-state index in [1.54, 1.807) is 14.1 Å². The molecule has 2 saturated heterocycles. The fourth-order valence-corrected chi connectivity index (χ4v) is 5.68. The minimum atomic E-state index is -3.40. The molecule has 2 heterocycles. The van der Waals surface area contributed by atoms with Crippen molar-refractivity contribution in [1.82, 2.24) is 14.1 Å². The van der Waals surface area contributed by atoms with Gasteiger partial charge >= 0.3 is 5.97 Å². The third-order valence-corrected chi connectivity index (χ3v) is 7.60. The maximum Gasteiger partial charge on any atom is 0.328 e. The number of carbonyl (C=O) groups excluding carboxylic acids is 2. The Hall–Kier alpha value is -1.19. The van der Waals surface area contributed by atoms with Crippen molar-refractivity contribution in [2.45, 2.75) is 38.1 Å². The highest BCUT2D eigenvalue weighted by Gasteiger charge is 2.45. The zero-order valence-electron chi connectivity index (χ0n) is 15.6. The molecule has 144 valence electrons. The zero-order chi connectivity index (χ0) is 18.9. The molecule has 0 N–H and O–H groups in total. The maximum atomic E-state index is 12.8. The van der Waals surface area contributed by atoms with E-state index in [9.17, 15) is 18.0 Å². The molecule has 0 saturated carbocycles. The van der Waals surface area contributed by atoms with Gasteiger partial charge < -0.3 is 9.64 Å². The number of rotatable bonds is 6. The van der Waals surface area contributed by atoms with Crippen LogP contribution in [0.3, 0.4) is 0 Å². The summed E-state index contributed by atoms with van der Waals surface area (Å²) in [5.41, 5.74) is 0. The highest BCUT2D eigenvalue weighted by Crippen LogP contribution is 2.29. The molecule has 0 spiro atoms. The average molecular weight is 375 g/mol. The van der Waals surface area contributed by atoms with Crippen molar-refractivity contribution in [3.05, 3.63) is 0 Å². The maximum absolute atomic E-state index is 12.8. The normalized spacial score (nSPS) is 26.3. The topological polar surface area (TPSA) is 87.2 Å². The molecule has 3 atom stereocenters. The van der Waals surface area contributed by atoms with Crippen LogP contribution in [-0.4, -0.2) is 86.7 Å². The number of ether oxygens (including phenoxy) is 1. The second kappa shape index (κ2) is 7.59. The number of sulfonamides is 1. The summed E-state index contributed by atoms with van der Waals surface area (Å²) in [5, 5.41) is -0.474. The molecule has 8 nitrogen and oxygen atoms in total. The molecule has 1 unspecified atom stereocenters. The number of nitrogens with zero attached hydrogens (tertiary/aromatic N) is 3. The van der Waals surface area contributed by atoms with Crippen molar-refractivity contribution in [1.29, 1.82) is 0 Å². The molecule has 2 rings (SSSR count). The molecule has 2 fully saturated rings. The molecular weight excluding hydrogens is 346 g/mol. The first-order chi connectivity index (χ1) is 11.6. The van der Waals surface area contributed by atoms with E-state index in [1.165, 1.54) is 16.3 Å². The third kappa shape index (κ3) is 3.83. The van der Waals surface area contributed by atoms with Gasteiger partial charge in [0, 0.05) is 26.7 Å². The molecule has 1 amide bonds. The molecule has 9 heteroatoms. The van der Waals surface area contributed by atoms with Crippen molar-refractivity contribution < 1.29 is 22.7 Å². The summed E-state index contributed by atoms with van der Waals surface area (Å²) >= 11 is 0. The number of hydrogen-bond donors (Lipinski definition) is 0. The molecule has 0 aliphatic carbocycles. The molecule has 25 heavy (non-hydrogen) atoms. The lowest BCUT2D eigenvalue weighted by Crippen LogP contribution is -2.54. The summed E-state index contributed by atoms with van der Waals surface area (Å²) in [6.07, 6.45) is 1.11. The fraction of sp³-hybridized carbons (Fsp3) is 0.875. The van der Waals surface area contributed by atoms with Crippen molar-refractivity contribution in [2.75, 3.05) is 40.8 Å². The van der Waals surface area contributed by atoms with Crippen molar-refractivity contribution in [2.24, 2.45) is 11.8 Å². The van der Waals surface area contributed by atoms with Crippen LogP contribution in [0.2, 0.25) is 0 Å². The van der Waals surface area contributed by atoms with E-state index >= 15 is 0 Å². The van der Waals surface area contributed by atoms with Crippen LogP contribution in [0.25, 0.3) is 0 Å². The number of methoxy groups -OCH3 is 1. The van der Waals surface area contributed by atoms with Gasteiger partial charge in [-0.1, -0.05) is 13.8 Å². The van der Waals surface area contributed by atoms with Crippen molar-refractivity contribution >= 4 is 21.9 Å². The van der Waals surface area contributed by atoms with Gasteiger partial charge in [0.25, 0.3) is 0 Å². The average Bonchev–Trinajstić information content (AvgIpc) is 3.02. The van der Waals surface area contributed by atoms with Crippen LogP contribution in [0.4, 0.5) is 0 Å². The summed E-state index contributed by atoms with van der Waals surface area (Å²) in [7, 11) is 1.27. The first-order valence-electron chi connectivity index (χ1n) is 8.65. The summed E-state index contributed by atoms with van der Waals surface area (Å²) < 4.78 is 31.5. The molecule has 0 aromatic heterocycles. The smallest absolute Gasteiger partial charge is 0.328 e. The molecule has 2 aliphatic rings. The Labute approximate surface area is 150 Å². The molecule has 0 aromatic carbocycles. The number of esters is 1. The van der Waals surface area contributed by atoms with Gasteiger partial charge in [0.2, 0.25) is 15.9 Å². The Bertz CT molecular complexity index is 621. The van der Waals surface area contributed by atoms with Gasteiger partial charge in [-0.05, 0) is 25.8 Å². The Kier molecular flexibility index (Phi) is 6.11. The quantitative estimate of drug-likeness (QED) is 0.605. The second-order valence-electron chi connectivity index (χ2n) is 7.27. The Morgan fingerprint density at radius 1 is 1.20 bits per heavy atom. The van der Waals surface area contributed by atoms with Gasteiger partial charge in [0.05, 0.1) is 13.0 Å². The van der Waals surface area contributed by atoms with Crippen LogP contribution < -0.4 is 0 Å². The number of amides is 1. The molecule has 2 aliphatic heterocycles. The summed E-state index contributed by atoms with van der Waals surface area (Å²) in [4.78, 5) is 28.0. The lowest BCUT2D eigenvalue weighted by molar-refractivity contribution is -0.155. The molecule has 0 aromatic rings. The SMILES string of the molecule is COC(=O)C(C(C)C)N(C)C(=O)[C@H]1CCN(S(=O)(=O)[C@H]2CCN2C)C1. The van der Waals surface area contributed by atoms with Gasteiger partial charge in [0.1, 0.15) is 11.4 Å². The van der Waals surface area contributed by atoms with E-state index in [0.717, 1.165) is 6.54 Å². The van der Waals surface area contributed by atoms with Crippen LogP contribution in [-0.2, 0) is 24.3 Å². The molecule has 0 bridgehead atoms. The first-order valence-corrected chi connectivity index (χ1v) is 10.1. The number of carbonyl (C=O) groups is 2. The van der Waals surface area contributed by atoms with E-state index in [1.807, 2.05) is 18.7 Å². The van der Waals surface area contributed by atoms with Gasteiger partial charge in [-0.3, -0.25) is 9.69 Å². The lowest BCUT2D eigenvalue weighted by Gasteiger charge is -2.39. The third-order valence-electron chi connectivity index (χ3n) is 5.26. The van der Waals surface area contributed by atoms with Crippen LogP contribution in [0.5, 0.6) is 0 Å². The van der Waals surface area contributed by atoms with E-state index < -0.39 is 33.3 Å². The standard InChI is InChI=1S/C16H29N3O5S/c1-11(2)14(16(21)24-5)18(4)15(20)12-6-9-19(10-12)25(22,23)13-7-8-17(13)3/h11-14H,6-10H2,1-5H3/t12-,13-,14?/m0/s1. The van der Waals surface area contributed by atoms with Gasteiger partial charge in [0.15, 0.2) is 0 Å². The van der Waals surface area contributed by atoms with Crippen molar-refractivity contribution in [3.63, 3.8) is 0 Å². The summed E-state index contributed by atoms with van der Waals surface area (Å²) in [6, 6.07) is -0.666. The highest BCUT2D eigenvalue weighted by atomic mass is 32.2. The second-order valence-corrected chi connectivity index (χ2v) is 9.36. The largest absolute Gasteiger partial charge is 0.467 e. The highest BCUT2D eigenvalue weighted by molar-refractivity contribution is 7.89. The van der Waals surface area contributed by atoms with Crippen LogP contribution in [0.1, 0.15) is 26.7 Å². The lowest BCUT2D eigenvalue weighted by atomic mass is 10.00. The monoisotopic (exact) mass is 375 g/mol. The van der Waals surface area contributed by atoms with E-state index in [0.29, 0.717) is 19.4 Å². The fourth-order valence-electron chi connectivity index (χ4n) is 3.63. The zero-order valence-corrected chi connectivity index (χ0v) is 16.5. The van der Waals surface area contributed by atoms with E-state index in [-0.39, 0.29) is 18.4 Å². The minimum Gasteiger partial charge on any atom is -0.467 e.